The average molecular weight is 303 g/mol. The molecule has 0 heterocycles. The number of nitrogens with one attached hydrogen (secondary N) is 2. The lowest BCUT2D eigenvalue weighted by Crippen LogP contribution is -2.14. The number of hydrogen-bond acceptors (Lipinski definition) is 2. The lowest BCUT2D eigenvalue weighted by Gasteiger charge is -2.13. The van der Waals surface area contributed by atoms with Crippen LogP contribution in [-0.4, -0.2) is 11.9 Å². The van der Waals surface area contributed by atoms with E-state index in [2.05, 4.69) is 24.5 Å². The highest BCUT2D eigenvalue weighted by Gasteiger charge is 2.09. The minimum absolute atomic E-state index is 0.205. The first-order valence-electron chi connectivity index (χ1n) is 7.02. The molecule has 0 saturated carbocycles. The van der Waals surface area contributed by atoms with Gasteiger partial charge in [0, 0.05) is 17.4 Å². The van der Waals surface area contributed by atoms with Crippen LogP contribution in [0.1, 0.15) is 30.6 Å². The van der Waals surface area contributed by atoms with Gasteiger partial charge in [-0.3, -0.25) is 4.79 Å². The van der Waals surface area contributed by atoms with E-state index in [1.807, 2.05) is 24.3 Å². The van der Waals surface area contributed by atoms with E-state index >= 15 is 0 Å². The Hall–Kier alpha value is -2.00. The number of halogens is 1. The van der Waals surface area contributed by atoms with Crippen LogP contribution in [0.4, 0.5) is 11.4 Å². The Labute approximate surface area is 130 Å². The van der Waals surface area contributed by atoms with Gasteiger partial charge in [-0.05, 0) is 49.7 Å². The van der Waals surface area contributed by atoms with E-state index in [9.17, 15) is 4.79 Å². The fourth-order valence-electron chi connectivity index (χ4n) is 1.88. The molecule has 2 aromatic rings. The van der Waals surface area contributed by atoms with Gasteiger partial charge in [0.2, 0.25) is 0 Å². The second-order valence-corrected chi connectivity index (χ2v) is 5.37. The molecule has 2 rings (SSSR count). The van der Waals surface area contributed by atoms with E-state index in [0.29, 0.717) is 16.6 Å². The number of carbonyl (C=O) groups excluding carboxylic acids is 1. The lowest BCUT2D eigenvalue weighted by atomic mass is 10.2. The summed E-state index contributed by atoms with van der Waals surface area (Å²) in [6.45, 7) is 4.27. The van der Waals surface area contributed by atoms with Crippen molar-refractivity contribution in [3.63, 3.8) is 0 Å². The molecule has 2 aromatic carbocycles. The molecule has 21 heavy (non-hydrogen) atoms. The van der Waals surface area contributed by atoms with Crippen molar-refractivity contribution < 1.29 is 4.79 Å². The van der Waals surface area contributed by atoms with Gasteiger partial charge in [-0.25, -0.2) is 0 Å². The number of amides is 1. The summed E-state index contributed by atoms with van der Waals surface area (Å²) in [5.74, 6) is -0.205. The normalized spacial score (nSPS) is 11.8. The maximum Gasteiger partial charge on any atom is 0.257 e. The summed E-state index contributed by atoms with van der Waals surface area (Å²) in [6.07, 6.45) is 1.06. The molecule has 3 nitrogen and oxygen atoms in total. The van der Waals surface area contributed by atoms with Crippen LogP contribution in [0.25, 0.3) is 0 Å². The summed E-state index contributed by atoms with van der Waals surface area (Å²) in [5.41, 5.74) is 2.26. The van der Waals surface area contributed by atoms with Crippen LogP contribution < -0.4 is 10.6 Å². The van der Waals surface area contributed by atoms with Crippen molar-refractivity contribution in [2.24, 2.45) is 0 Å². The highest BCUT2D eigenvalue weighted by molar-refractivity contribution is 6.34. The van der Waals surface area contributed by atoms with Gasteiger partial charge in [0.15, 0.2) is 0 Å². The number of hydrogen-bond donors (Lipinski definition) is 2. The standard InChI is InChI=1S/C17H19ClN2O/c1-3-12(2)19-13-8-10-14(11-9-13)20-17(21)15-6-4-5-7-16(15)18/h4-12,19H,3H2,1-2H3,(H,20,21). The van der Waals surface area contributed by atoms with Gasteiger partial charge >= 0.3 is 0 Å². The monoisotopic (exact) mass is 302 g/mol. The molecule has 0 aliphatic rings. The summed E-state index contributed by atoms with van der Waals surface area (Å²) in [5, 5.41) is 6.67. The number of anilines is 2. The van der Waals surface area contributed by atoms with Crippen LogP contribution in [0.5, 0.6) is 0 Å². The van der Waals surface area contributed by atoms with Gasteiger partial charge in [-0.2, -0.15) is 0 Å². The second-order valence-electron chi connectivity index (χ2n) is 4.96. The molecular formula is C17H19ClN2O. The molecule has 0 bridgehead atoms. The highest BCUT2D eigenvalue weighted by Crippen LogP contribution is 2.19. The number of carbonyl (C=O) groups is 1. The molecule has 0 aromatic heterocycles. The topological polar surface area (TPSA) is 41.1 Å². The summed E-state index contributed by atoms with van der Waals surface area (Å²) in [7, 11) is 0. The Balaban J connectivity index is 2.03. The molecule has 110 valence electrons. The van der Waals surface area contributed by atoms with E-state index in [1.54, 1.807) is 24.3 Å². The molecule has 4 heteroatoms. The summed E-state index contributed by atoms with van der Waals surface area (Å²) < 4.78 is 0. The largest absolute Gasteiger partial charge is 0.383 e. The predicted molar refractivity (Wildman–Crippen MR) is 89.2 cm³/mol. The molecule has 0 spiro atoms. The van der Waals surface area contributed by atoms with E-state index in [0.717, 1.165) is 17.8 Å². The Morgan fingerprint density at radius 3 is 2.33 bits per heavy atom. The van der Waals surface area contributed by atoms with Gasteiger partial charge < -0.3 is 10.6 Å². The van der Waals surface area contributed by atoms with E-state index in [4.69, 9.17) is 11.6 Å². The molecule has 0 radical (unpaired) electrons. The predicted octanol–water partition coefficient (Wildman–Crippen LogP) is 4.80. The third kappa shape index (κ3) is 4.23. The lowest BCUT2D eigenvalue weighted by molar-refractivity contribution is 0.102. The summed E-state index contributed by atoms with van der Waals surface area (Å²) in [4.78, 5) is 12.1. The Morgan fingerprint density at radius 2 is 1.71 bits per heavy atom. The molecule has 1 atom stereocenters. The van der Waals surface area contributed by atoms with E-state index < -0.39 is 0 Å². The second kappa shape index (κ2) is 7.14. The molecule has 1 unspecified atom stereocenters. The van der Waals surface area contributed by atoms with Gasteiger partial charge in [0.05, 0.1) is 10.6 Å². The van der Waals surface area contributed by atoms with Gasteiger partial charge in [-0.15, -0.1) is 0 Å². The van der Waals surface area contributed by atoms with Crippen LogP contribution in [-0.2, 0) is 0 Å². The zero-order valence-electron chi connectivity index (χ0n) is 12.2. The molecule has 2 N–H and O–H groups in total. The minimum Gasteiger partial charge on any atom is -0.383 e. The molecular weight excluding hydrogens is 284 g/mol. The summed E-state index contributed by atoms with van der Waals surface area (Å²) >= 11 is 6.01. The number of rotatable bonds is 5. The van der Waals surface area contributed by atoms with Gasteiger partial charge in [-0.1, -0.05) is 30.7 Å². The fraction of sp³-hybridized carbons (Fsp3) is 0.235. The van der Waals surface area contributed by atoms with Crippen LogP contribution >= 0.6 is 11.6 Å². The molecule has 0 saturated heterocycles. The molecule has 1 amide bonds. The quantitative estimate of drug-likeness (QED) is 0.832. The minimum atomic E-state index is -0.205. The highest BCUT2D eigenvalue weighted by atomic mass is 35.5. The van der Waals surface area contributed by atoms with Gasteiger partial charge in [0.1, 0.15) is 0 Å². The van der Waals surface area contributed by atoms with Crippen molar-refractivity contribution in [3.8, 4) is 0 Å². The Kier molecular flexibility index (Phi) is 5.23. The zero-order chi connectivity index (χ0) is 15.2. The summed E-state index contributed by atoms with van der Waals surface area (Å²) in [6, 6.07) is 15.1. The third-order valence-electron chi connectivity index (χ3n) is 3.29. The molecule has 0 aliphatic heterocycles. The maximum atomic E-state index is 12.1. The van der Waals surface area contributed by atoms with Crippen molar-refractivity contribution in [2.75, 3.05) is 10.6 Å². The van der Waals surface area contributed by atoms with Crippen molar-refractivity contribution in [3.05, 3.63) is 59.1 Å². The smallest absolute Gasteiger partial charge is 0.257 e. The Bertz CT molecular complexity index is 610. The third-order valence-corrected chi connectivity index (χ3v) is 3.62. The van der Waals surface area contributed by atoms with Crippen molar-refractivity contribution in [2.45, 2.75) is 26.3 Å². The number of benzene rings is 2. The first-order chi connectivity index (χ1) is 10.1. The Morgan fingerprint density at radius 1 is 1.10 bits per heavy atom. The fourth-order valence-corrected chi connectivity index (χ4v) is 2.10. The maximum absolute atomic E-state index is 12.1. The van der Waals surface area contributed by atoms with Crippen LogP contribution in [0.3, 0.4) is 0 Å². The molecule has 0 fully saturated rings. The van der Waals surface area contributed by atoms with E-state index in [-0.39, 0.29) is 5.91 Å². The average Bonchev–Trinajstić information content (AvgIpc) is 2.49. The SMILES string of the molecule is CCC(C)Nc1ccc(NC(=O)c2ccccc2Cl)cc1. The van der Waals surface area contributed by atoms with Crippen LogP contribution in [0, 0.1) is 0 Å². The van der Waals surface area contributed by atoms with Crippen molar-refractivity contribution >= 4 is 28.9 Å². The van der Waals surface area contributed by atoms with Crippen LogP contribution in [0.15, 0.2) is 48.5 Å². The van der Waals surface area contributed by atoms with Crippen molar-refractivity contribution in [1.29, 1.82) is 0 Å². The molecule has 0 aliphatic carbocycles. The first kappa shape index (κ1) is 15.4. The van der Waals surface area contributed by atoms with E-state index in [1.165, 1.54) is 0 Å². The zero-order valence-corrected chi connectivity index (χ0v) is 12.9. The van der Waals surface area contributed by atoms with Crippen LogP contribution in [0.2, 0.25) is 5.02 Å². The van der Waals surface area contributed by atoms with Crippen molar-refractivity contribution in [1.82, 2.24) is 0 Å². The van der Waals surface area contributed by atoms with Gasteiger partial charge in [0.25, 0.3) is 5.91 Å². The first-order valence-corrected chi connectivity index (χ1v) is 7.40.